The number of piperidine rings is 1. The van der Waals surface area contributed by atoms with Crippen molar-refractivity contribution in [2.75, 3.05) is 26.2 Å². The molecule has 88 valence electrons. The van der Waals surface area contributed by atoms with Crippen molar-refractivity contribution < 1.29 is 9.53 Å². The molecule has 1 aliphatic rings. The first-order valence-corrected chi connectivity index (χ1v) is 5.89. The molecule has 4 heteroatoms. The van der Waals surface area contributed by atoms with Gasteiger partial charge in [0.05, 0.1) is 12.5 Å². The van der Waals surface area contributed by atoms with Crippen molar-refractivity contribution in [2.45, 2.75) is 33.1 Å². The van der Waals surface area contributed by atoms with Gasteiger partial charge in [0.2, 0.25) is 0 Å². The molecule has 1 rings (SSSR count). The number of hydrogen-bond donors (Lipinski definition) is 1. The zero-order valence-corrected chi connectivity index (χ0v) is 9.79. The second-order valence-electron chi connectivity index (χ2n) is 4.06. The average Bonchev–Trinajstić information content (AvgIpc) is 2.27. The van der Waals surface area contributed by atoms with E-state index in [1.807, 2.05) is 13.8 Å². The van der Waals surface area contributed by atoms with E-state index in [-0.39, 0.29) is 11.9 Å². The molecule has 0 spiro atoms. The van der Waals surface area contributed by atoms with Crippen LogP contribution in [0.3, 0.4) is 0 Å². The summed E-state index contributed by atoms with van der Waals surface area (Å²) in [5.41, 5.74) is 3.29. The molecular weight excluding hydrogens is 192 g/mol. The molecule has 0 aromatic carbocycles. The molecule has 0 saturated carbocycles. The van der Waals surface area contributed by atoms with Gasteiger partial charge in [-0.15, -0.1) is 0 Å². The maximum atomic E-state index is 11.3. The molecule has 0 aromatic heterocycles. The molecule has 0 aromatic rings. The van der Waals surface area contributed by atoms with Crippen LogP contribution in [0.4, 0.5) is 0 Å². The van der Waals surface area contributed by atoms with Gasteiger partial charge in [-0.25, -0.2) is 5.01 Å². The van der Waals surface area contributed by atoms with Crippen LogP contribution in [0.5, 0.6) is 0 Å². The first-order valence-electron chi connectivity index (χ1n) is 5.89. The molecule has 0 bridgehead atoms. The van der Waals surface area contributed by atoms with E-state index in [0.29, 0.717) is 13.2 Å². The normalized spacial score (nSPS) is 19.9. The molecule has 1 atom stereocenters. The minimum absolute atomic E-state index is 0.0631. The van der Waals surface area contributed by atoms with Crippen LogP contribution < -0.4 is 5.43 Å². The number of nitrogens with zero attached hydrogens (tertiary/aromatic N) is 1. The van der Waals surface area contributed by atoms with Gasteiger partial charge in [0.25, 0.3) is 0 Å². The van der Waals surface area contributed by atoms with Crippen LogP contribution in [-0.4, -0.2) is 37.2 Å². The molecule has 1 heterocycles. The van der Waals surface area contributed by atoms with Gasteiger partial charge in [-0.2, -0.15) is 0 Å². The van der Waals surface area contributed by atoms with Crippen LogP contribution in [0.2, 0.25) is 0 Å². The van der Waals surface area contributed by atoms with Crippen molar-refractivity contribution in [3.8, 4) is 0 Å². The second kappa shape index (κ2) is 6.80. The summed E-state index contributed by atoms with van der Waals surface area (Å²) in [6.45, 7) is 7.06. The zero-order chi connectivity index (χ0) is 11.1. The Kier molecular flexibility index (Phi) is 5.65. The summed E-state index contributed by atoms with van der Waals surface area (Å²) in [5, 5.41) is 2.21. The Morgan fingerprint density at radius 2 is 2.07 bits per heavy atom. The summed E-state index contributed by atoms with van der Waals surface area (Å²) in [6, 6.07) is 0. The fraction of sp³-hybridized carbons (Fsp3) is 0.909. The molecule has 15 heavy (non-hydrogen) atoms. The number of esters is 1. The van der Waals surface area contributed by atoms with Crippen molar-refractivity contribution >= 4 is 5.97 Å². The van der Waals surface area contributed by atoms with Crippen LogP contribution in [0, 0.1) is 5.92 Å². The predicted molar refractivity (Wildman–Crippen MR) is 59.2 cm³/mol. The summed E-state index contributed by atoms with van der Waals surface area (Å²) >= 11 is 0. The van der Waals surface area contributed by atoms with E-state index in [1.54, 1.807) is 0 Å². The highest BCUT2D eigenvalue weighted by molar-refractivity contribution is 5.72. The van der Waals surface area contributed by atoms with Gasteiger partial charge in [-0.1, -0.05) is 13.3 Å². The van der Waals surface area contributed by atoms with Crippen molar-refractivity contribution in [1.29, 1.82) is 0 Å². The first kappa shape index (κ1) is 12.5. The number of hydrogen-bond acceptors (Lipinski definition) is 4. The lowest BCUT2D eigenvalue weighted by Gasteiger charge is -2.28. The monoisotopic (exact) mass is 214 g/mol. The fourth-order valence-corrected chi connectivity index (χ4v) is 1.69. The van der Waals surface area contributed by atoms with E-state index in [2.05, 4.69) is 10.4 Å². The van der Waals surface area contributed by atoms with Crippen molar-refractivity contribution in [3.63, 3.8) is 0 Å². The van der Waals surface area contributed by atoms with Gasteiger partial charge < -0.3 is 4.74 Å². The van der Waals surface area contributed by atoms with E-state index in [9.17, 15) is 4.79 Å². The number of carbonyl (C=O) groups is 1. The number of rotatable bonds is 5. The van der Waals surface area contributed by atoms with Gasteiger partial charge in [-0.3, -0.25) is 10.2 Å². The lowest BCUT2D eigenvalue weighted by Crippen LogP contribution is -2.44. The Hall–Kier alpha value is -0.610. The Bertz CT molecular complexity index is 191. The summed E-state index contributed by atoms with van der Waals surface area (Å²) in [7, 11) is 0. The first-order chi connectivity index (χ1) is 7.24. The summed E-state index contributed by atoms with van der Waals surface area (Å²) in [6.07, 6.45) is 3.83. The van der Waals surface area contributed by atoms with Crippen LogP contribution >= 0.6 is 0 Å². The SMILES string of the molecule is CCOC(=O)C(C)CNN1CCCCC1. The van der Waals surface area contributed by atoms with Gasteiger partial charge in [0, 0.05) is 19.6 Å². The van der Waals surface area contributed by atoms with E-state index < -0.39 is 0 Å². The maximum absolute atomic E-state index is 11.3. The highest BCUT2D eigenvalue weighted by Gasteiger charge is 2.16. The fourth-order valence-electron chi connectivity index (χ4n) is 1.69. The molecule has 1 saturated heterocycles. The van der Waals surface area contributed by atoms with Crippen molar-refractivity contribution in [1.82, 2.24) is 10.4 Å². The molecule has 1 aliphatic heterocycles. The van der Waals surface area contributed by atoms with E-state index in [1.165, 1.54) is 19.3 Å². The van der Waals surface area contributed by atoms with Gasteiger partial charge in [0.1, 0.15) is 0 Å². The Labute approximate surface area is 91.9 Å². The average molecular weight is 214 g/mol. The third kappa shape index (κ3) is 4.62. The molecule has 1 N–H and O–H groups in total. The van der Waals surface area contributed by atoms with Crippen molar-refractivity contribution in [3.05, 3.63) is 0 Å². The second-order valence-corrected chi connectivity index (χ2v) is 4.06. The maximum Gasteiger partial charge on any atom is 0.309 e. The summed E-state index contributed by atoms with van der Waals surface area (Å²) in [4.78, 5) is 11.3. The number of carbonyl (C=O) groups excluding carboxylic acids is 1. The standard InChI is InChI=1S/C11H22N2O2/c1-3-15-11(14)10(2)9-12-13-7-5-4-6-8-13/h10,12H,3-9H2,1-2H3. The van der Waals surface area contributed by atoms with Gasteiger partial charge in [0.15, 0.2) is 0 Å². The van der Waals surface area contributed by atoms with E-state index >= 15 is 0 Å². The van der Waals surface area contributed by atoms with Crippen LogP contribution in [0.25, 0.3) is 0 Å². The minimum atomic E-state index is -0.109. The largest absolute Gasteiger partial charge is 0.466 e. The number of hydrazine groups is 1. The highest BCUT2D eigenvalue weighted by Crippen LogP contribution is 2.06. The van der Waals surface area contributed by atoms with Gasteiger partial charge >= 0.3 is 5.97 Å². The Morgan fingerprint density at radius 1 is 1.40 bits per heavy atom. The summed E-state index contributed by atoms with van der Waals surface area (Å²) in [5.74, 6) is -0.172. The van der Waals surface area contributed by atoms with Crippen LogP contribution in [0.1, 0.15) is 33.1 Å². The highest BCUT2D eigenvalue weighted by atomic mass is 16.5. The quantitative estimate of drug-likeness (QED) is 0.698. The molecule has 4 nitrogen and oxygen atoms in total. The molecular formula is C11H22N2O2. The van der Waals surface area contributed by atoms with Crippen molar-refractivity contribution in [2.24, 2.45) is 5.92 Å². The lowest BCUT2D eigenvalue weighted by molar-refractivity contribution is -0.147. The molecule has 0 amide bonds. The Balaban J connectivity index is 2.14. The topological polar surface area (TPSA) is 41.6 Å². The molecule has 1 unspecified atom stereocenters. The predicted octanol–water partition coefficient (Wildman–Crippen LogP) is 1.18. The molecule has 1 fully saturated rings. The van der Waals surface area contributed by atoms with Gasteiger partial charge in [-0.05, 0) is 19.8 Å². The van der Waals surface area contributed by atoms with Crippen LogP contribution in [0.15, 0.2) is 0 Å². The Morgan fingerprint density at radius 3 is 2.67 bits per heavy atom. The summed E-state index contributed by atoms with van der Waals surface area (Å²) < 4.78 is 4.95. The van der Waals surface area contributed by atoms with E-state index in [4.69, 9.17) is 4.74 Å². The lowest BCUT2D eigenvalue weighted by atomic mass is 10.1. The molecule has 0 radical (unpaired) electrons. The number of ether oxygens (including phenoxy) is 1. The van der Waals surface area contributed by atoms with Crippen LogP contribution in [-0.2, 0) is 9.53 Å². The number of nitrogens with one attached hydrogen (secondary N) is 1. The molecule has 0 aliphatic carbocycles. The zero-order valence-electron chi connectivity index (χ0n) is 9.79. The smallest absolute Gasteiger partial charge is 0.309 e. The third-order valence-corrected chi connectivity index (χ3v) is 2.67. The third-order valence-electron chi connectivity index (χ3n) is 2.67. The minimum Gasteiger partial charge on any atom is -0.466 e. The van der Waals surface area contributed by atoms with E-state index in [0.717, 1.165) is 13.1 Å².